The third kappa shape index (κ3) is 3.53. The summed E-state index contributed by atoms with van der Waals surface area (Å²) in [4.78, 5) is 6.15. The molecule has 3 nitrogen and oxygen atoms in total. The van der Waals surface area contributed by atoms with Crippen molar-refractivity contribution in [2.45, 2.75) is 13.5 Å². The molecule has 0 spiro atoms. The fourth-order valence-electron chi connectivity index (χ4n) is 1.24. The summed E-state index contributed by atoms with van der Waals surface area (Å²) in [6.07, 6.45) is 3.59. The van der Waals surface area contributed by atoms with Gasteiger partial charge < -0.3 is 5.11 Å². The zero-order valence-electron chi connectivity index (χ0n) is 7.98. The average molecular weight is 180 g/mol. The third-order valence-electron chi connectivity index (χ3n) is 2.02. The molecule has 1 heterocycles. The van der Waals surface area contributed by atoms with Crippen molar-refractivity contribution in [1.82, 2.24) is 9.88 Å². The zero-order valence-corrected chi connectivity index (χ0v) is 7.98. The number of nitrogens with zero attached hydrogens (tertiary/aromatic N) is 2. The van der Waals surface area contributed by atoms with Gasteiger partial charge in [-0.2, -0.15) is 0 Å². The molecule has 0 radical (unpaired) electrons. The van der Waals surface area contributed by atoms with Gasteiger partial charge in [-0.25, -0.2) is 0 Å². The molecule has 1 aromatic heterocycles. The fourth-order valence-corrected chi connectivity index (χ4v) is 1.24. The van der Waals surface area contributed by atoms with Gasteiger partial charge in [-0.1, -0.05) is 6.92 Å². The summed E-state index contributed by atoms with van der Waals surface area (Å²) in [6.45, 7) is 4.90. The lowest BCUT2D eigenvalue weighted by atomic mass is 10.2. The van der Waals surface area contributed by atoms with Crippen molar-refractivity contribution in [3.8, 4) is 0 Å². The van der Waals surface area contributed by atoms with Gasteiger partial charge in [0, 0.05) is 25.5 Å². The molecule has 0 aliphatic rings. The van der Waals surface area contributed by atoms with Gasteiger partial charge in [-0.15, -0.1) is 0 Å². The molecule has 0 saturated heterocycles. The number of aliphatic hydroxyl groups excluding tert-OH is 1. The molecule has 0 aromatic carbocycles. The van der Waals surface area contributed by atoms with E-state index in [1.54, 1.807) is 12.4 Å². The predicted molar refractivity (Wildman–Crippen MR) is 52.3 cm³/mol. The van der Waals surface area contributed by atoms with Crippen molar-refractivity contribution in [3.63, 3.8) is 0 Å². The van der Waals surface area contributed by atoms with Crippen LogP contribution in [0, 0.1) is 0 Å². The van der Waals surface area contributed by atoms with Crippen molar-refractivity contribution in [2.75, 3.05) is 19.7 Å². The zero-order chi connectivity index (χ0) is 9.52. The average Bonchev–Trinajstić information content (AvgIpc) is 2.19. The van der Waals surface area contributed by atoms with Crippen molar-refractivity contribution in [1.29, 1.82) is 0 Å². The molecule has 0 bridgehead atoms. The standard InChI is InChI=1S/C10H16N2O/c1-2-12(7-8-13)9-10-3-5-11-6-4-10/h3-6,13H,2,7-9H2,1H3. The Hall–Kier alpha value is -0.930. The first-order chi connectivity index (χ1) is 6.36. The molecular formula is C10H16N2O. The highest BCUT2D eigenvalue weighted by Gasteiger charge is 2.01. The van der Waals surface area contributed by atoms with Crippen LogP contribution in [-0.2, 0) is 6.54 Å². The molecule has 0 aliphatic carbocycles. The predicted octanol–water partition coefficient (Wildman–Crippen LogP) is 0.896. The Morgan fingerprint density at radius 1 is 1.38 bits per heavy atom. The number of aliphatic hydroxyl groups is 1. The van der Waals surface area contributed by atoms with E-state index in [0.29, 0.717) is 0 Å². The Balaban J connectivity index is 2.46. The lowest BCUT2D eigenvalue weighted by molar-refractivity contribution is 0.197. The molecule has 13 heavy (non-hydrogen) atoms. The summed E-state index contributed by atoms with van der Waals surface area (Å²) < 4.78 is 0. The Bertz CT molecular complexity index is 226. The van der Waals surface area contributed by atoms with Gasteiger partial charge in [0.15, 0.2) is 0 Å². The first-order valence-electron chi connectivity index (χ1n) is 4.59. The monoisotopic (exact) mass is 180 g/mol. The van der Waals surface area contributed by atoms with E-state index in [-0.39, 0.29) is 6.61 Å². The van der Waals surface area contributed by atoms with Gasteiger partial charge in [0.1, 0.15) is 0 Å². The van der Waals surface area contributed by atoms with Crippen LogP contribution in [-0.4, -0.2) is 34.7 Å². The Morgan fingerprint density at radius 3 is 2.62 bits per heavy atom. The summed E-state index contributed by atoms with van der Waals surface area (Å²) in [5, 5.41) is 8.79. The van der Waals surface area contributed by atoms with Gasteiger partial charge in [0.2, 0.25) is 0 Å². The van der Waals surface area contributed by atoms with E-state index in [9.17, 15) is 0 Å². The molecule has 72 valence electrons. The van der Waals surface area contributed by atoms with Crippen LogP contribution in [0.15, 0.2) is 24.5 Å². The van der Waals surface area contributed by atoms with Gasteiger partial charge in [-0.3, -0.25) is 9.88 Å². The summed E-state index contributed by atoms with van der Waals surface area (Å²) in [5.74, 6) is 0. The highest BCUT2D eigenvalue weighted by Crippen LogP contribution is 2.01. The van der Waals surface area contributed by atoms with E-state index in [1.807, 2.05) is 12.1 Å². The van der Waals surface area contributed by atoms with Crippen molar-refractivity contribution >= 4 is 0 Å². The molecule has 0 atom stereocenters. The molecule has 1 aromatic rings. The second-order valence-electron chi connectivity index (χ2n) is 2.95. The Morgan fingerprint density at radius 2 is 2.08 bits per heavy atom. The Labute approximate surface area is 79.0 Å². The van der Waals surface area contributed by atoms with Crippen LogP contribution in [0.1, 0.15) is 12.5 Å². The number of hydrogen-bond donors (Lipinski definition) is 1. The van der Waals surface area contributed by atoms with Crippen LogP contribution < -0.4 is 0 Å². The normalized spacial score (nSPS) is 10.7. The molecule has 1 rings (SSSR count). The molecule has 0 aliphatic heterocycles. The lowest BCUT2D eigenvalue weighted by Crippen LogP contribution is -2.25. The largest absolute Gasteiger partial charge is 0.395 e. The lowest BCUT2D eigenvalue weighted by Gasteiger charge is -2.18. The van der Waals surface area contributed by atoms with Crippen molar-refractivity contribution < 1.29 is 5.11 Å². The summed E-state index contributed by atoms with van der Waals surface area (Å²) in [5.41, 5.74) is 1.24. The smallest absolute Gasteiger partial charge is 0.0558 e. The molecule has 0 fully saturated rings. The summed E-state index contributed by atoms with van der Waals surface area (Å²) in [6, 6.07) is 4.00. The van der Waals surface area contributed by atoms with Crippen LogP contribution >= 0.6 is 0 Å². The van der Waals surface area contributed by atoms with Crippen molar-refractivity contribution in [2.24, 2.45) is 0 Å². The summed E-state index contributed by atoms with van der Waals surface area (Å²) >= 11 is 0. The quantitative estimate of drug-likeness (QED) is 0.731. The maximum atomic E-state index is 8.79. The number of aromatic nitrogens is 1. The van der Waals surface area contributed by atoms with Gasteiger partial charge in [-0.05, 0) is 24.2 Å². The SMILES string of the molecule is CCN(CCO)Cc1ccncc1. The molecule has 0 amide bonds. The first kappa shape index (κ1) is 10.2. The van der Waals surface area contributed by atoms with E-state index >= 15 is 0 Å². The maximum Gasteiger partial charge on any atom is 0.0558 e. The van der Waals surface area contributed by atoms with E-state index < -0.39 is 0 Å². The van der Waals surface area contributed by atoms with Crippen molar-refractivity contribution in [3.05, 3.63) is 30.1 Å². The number of rotatable bonds is 5. The van der Waals surface area contributed by atoms with Gasteiger partial charge in [0.05, 0.1) is 6.61 Å². The van der Waals surface area contributed by atoms with E-state index in [1.165, 1.54) is 5.56 Å². The topological polar surface area (TPSA) is 36.4 Å². The third-order valence-corrected chi connectivity index (χ3v) is 2.02. The second-order valence-corrected chi connectivity index (χ2v) is 2.95. The highest BCUT2D eigenvalue weighted by atomic mass is 16.3. The first-order valence-corrected chi connectivity index (χ1v) is 4.59. The Kier molecular flexibility index (Phi) is 4.43. The van der Waals surface area contributed by atoms with Gasteiger partial charge >= 0.3 is 0 Å². The van der Waals surface area contributed by atoms with Crippen LogP contribution in [0.4, 0.5) is 0 Å². The van der Waals surface area contributed by atoms with E-state index in [2.05, 4.69) is 16.8 Å². The maximum absolute atomic E-state index is 8.79. The molecule has 3 heteroatoms. The van der Waals surface area contributed by atoms with E-state index in [0.717, 1.165) is 19.6 Å². The highest BCUT2D eigenvalue weighted by molar-refractivity contribution is 5.09. The van der Waals surface area contributed by atoms with Crippen LogP contribution in [0.25, 0.3) is 0 Å². The number of hydrogen-bond acceptors (Lipinski definition) is 3. The second kappa shape index (κ2) is 5.67. The van der Waals surface area contributed by atoms with Crippen LogP contribution in [0.5, 0.6) is 0 Å². The van der Waals surface area contributed by atoms with Crippen LogP contribution in [0.2, 0.25) is 0 Å². The minimum atomic E-state index is 0.221. The number of pyridine rings is 1. The molecule has 1 N–H and O–H groups in total. The minimum Gasteiger partial charge on any atom is -0.395 e. The fraction of sp³-hybridized carbons (Fsp3) is 0.500. The molecule has 0 unspecified atom stereocenters. The molecular weight excluding hydrogens is 164 g/mol. The summed E-state index contributed by atoms with van der Waals surface area (Å²) in [7, 11) is 0. The van der Waals surface area contributed by atoms with E-state index in [4.69, 9.17) is 5.11 Å². The number of likely N-dealkylation sites (N-methyl/N-ethyl adjacent to an activating group) is 1. The van der Waals surface area contributed by atoms with Crippen LogP contribution in [0.3, 0.4) is 0 Å². The van der Waals surface area contributed by atoms with Gasteiger partial charge in [0.25, 0.3) is 0 Å². The minimum absolute atomic E-state index is 0.221. The molecule has 0 saturated carbocycles.